The molecule has 0 radical (unpaired) electrons. The van der Waals surface area contributed by atoms with Crippen LogP contribution in [0.25, 0.3) is 0 Å². The Kier molecular flexibility index (Phi) is 5.19. The molecule has 4 nitrogen and oxygen atoms in total. The normalized spacial score (nSPS) is 18.5. The first-order chi connectivity index (χ1) is 10.0. The van der Waals surface area contributed by atoms with Crippen molar-refractivity contribution in [3.8, 4) is 5.75 Å². The fourth-order valence-electron chi connectivity index (χ4n) is 3.05. The number of benzene rings is 1. The van der Waals surface area contributed by atoms with Gasteiger partial charge in [0.25, 0.3) is 0 Å². The average molecular weight is 296 g/mol. The third-order valence-electron chi connectivity index (χ3n) is 4.17. The zero-order valence-electron chi connectivity index (χ0n) is 13.0. The van der Waals surface area contributed by atoms with Crippen LogP contribution < -0.4 is 10.1 Å². The molecule has 0 aliphatic carbocycles. The predicted molar refractivity (Wildman–Crippen MR) is 81.0 cm³/mol. The highest BCUT2D eigenvalue weighted by Gasteiger charge is 2.38. The number of methoxy groups -OCH3 is 1. The molecule has 1 saturated heterocycles. The maximum Gasteiger partial charge on any atom is 0.131 e. The summed E-state index contributed by atoms with van der Waals surface area (Å²) in [6, 6.07) is 4.67. The molecule has 0 unspecified atom stereocenters. The van der Waals surface area contributed by atoms with E-state index in [1.807, 2.05) is 13.8 Å². The number of nitrogens with one attached hydrogen (secondary N) is 1. The van der Waals surface area contributed by atoms with E-state index in [9.17, 15) is 9.50 Å². The van der Waals surface area contributed by atoms with Gasteiger partial charge in [-0.25, -0.2) is 4.39 Å². The zero-order valence-corrected chi connectivity index (χ0v) is 13.0. The lowest BCUT2D eigenvalue weighted by molar-refractivity contribution is 0.0273. The molecule has 1 atom stereocenters. The lowest BCUT2D eigenvalue weighted by Crippen LogP contribution is -2.49. The first kappa shape index (κ1) is 16.2. The second-order valence-corrected chi connectivity index (χ2v) is 6.19. The molecule has 0 bridgehead atoms. The van der Waals surface area contributed by atoms with Gasteiger partial charge in [0.15, 0.2) is 0 Å². The minimum absolute atomic E-state index is 0.0148. The SMILES string of the molecule is COc1cccc(F)c1[C@@H](N1CCNCC1)C(C)(C)CO. The lowest BCUT2D eigenvalue weighted by Gasteiger charge is -2.43. The molecule has 2 rings (SSSR count). The van der Waals surface area contributed by atoms with E-state index in [-0.39, 0.29) is 18.5 Å². The van der Waals surface area contributed by atoms with Crippen LogP contribution in [0.4, 0.5) is 4.39 Å². The van der Waals surface area contributed by atoms with Crippen LogP contribution in [0.5, 0.6) is 5.75 Å². The predicted octanol–water partition coefficient (Wildman–Crippen LogP) is 1.80. The lowest BCUT2D eigenvalue weighted by atomic mass is 9.79. The number of rotatable bonds is 5. The number of piperazine rings is 1. The van der Waals surface area contributed by atoms with Crippen molar-refractivity contribution >= 4 is 0 Å². The van der Waals surface area contributed by atoms with Gasteiger partial charge < -0.3 is 15.2 Å². The highest BCUT2D eigenvalue weighted by molar-refractivity contribution is 5.38. The Bertz CT molecular complexity index is 473. The van der Waals surface area contributed by atoms with Crippen LogP contribution in [0.1, 0.15) is 25.5 Å². The van der Waals surface area contributed by atoms with Crippen molar-refractivity contribution in [3.63, 3.8) is 0 Å². The standard InChI is InChI=1S/C16H25FN2O2/c1-16(2,11-20)15(19-9-7-18-8-10-19)14-12(17)5-4-6-13(14)21-3/h4-6,15,18,20H,7-11H2,1-3H3/t15-/m1/s1. The van der Waals surface area contributed by atoms with E-state index < -0.39 is 5.41 Å². The smallest absolute Gasteiger partial charge is 0.131 e. The highest BCUT2D eigenvalue weighted by atomic mass is 19.1. The van der Waals surface area contributed by atoms with Crippen molar-refractivity contribution < 1.29 is 14.2 Å². The Morgan fingerprint density at radius 3 is 2.62 bits per heavy atom. The molecule has 1 aliphatic rings. The third-order valence-corrected chi connectivity index (χ3v) is 4.17. The Hall–Kier alpha value is -1.17. The summed E-state index contributed by atoms with van der Waals surface area (Å²) in [5.74, 6) is 0.263. The summed E-state index contributed by atoms with van der Waals surface area (Å²) in [7, 11) is 1.55. The number of nitrogens with zero attached hydrogens (tertiary/aromatic N) is 1. The molecule has 0 saturated carbocycles. The second kappa shape index (κ2) is 6.73. The molecule has 1 fully saturated rings. The fraction of sp³-hybridized carbons (Fsp3) is 0.625. The van der Waals surface area contributed by atoms with Crippen LogP contribution >= 0.6 is 0 Å². The van der Waals surface area contributed by atoms with E-state index in [0.717, 1.165) is 26.2 Å². The quantitative estimate of drug-likeness (QED) is 0.870. The van der Waals surface area contributed by atoms with E-state index in [1.54, 1.807) is 19.2 Å². The minimum atomic E-state index is -0.465. The first-order valence-electron chi connectivity index (χ1n) is 7.39. The summed E-state index contributed by atoms with van der Waals surface area (Å²) in [5, 5.41) is 13.1. The van der Waals surface area contributed by atoms with Crippen molar-refractivity contribution in [2.24, 2.45) is 5.41 Å². The van der Waals surface area contributed by atoms with Crippen LogP contribution in [-0.4, -0.2) is 49.9 Å². The maximum absolute atomic E-state index is 14.5. The van der Waals surface area contributed by atoms with Gasteiger partial charge in [-0.2, -0.15) is 0 Å². The molecule has 0 aromatic heterocycles. The molecule has 0 spiro atoms. The largest absolute Gasteiger partial charge is 0.496 e. The molecular formula is C16H25FN2O2. The Labute approximate surface area is 125 Å². The Morgan fingerprint density at radius 1 is 1.38 bits per heavy atom. The molecule has 5 heteroatoms. The monoisotopic (exact) mass is 296 g/mol. The van der Waals surface area contributed by atoms with Gasteiger partial charge in [-0.3, -0.25) is 4.90 Å². The molecule has 0 amide bonds. The molecule has 1 aromatic carbocycles. The van der Waals surface area contributed by atoms with Crippen LogP contribution in [0, 0.1) is 11.2 Å². The van der Waals surface area contributed by atoms with E-state index in [2.05, 4.69) is 10.2 Å². The van der Waals surface area contributed by atoms with Crippen LogP contribution in [0.2, 0.25) is 0 Å². The van der Waals surface area contributed by atoms with Gasteiger partial charge in [0.05, 0.1) is 7.11 Å². The van der Waals surface area contributed by atoms with Gasteiger partial charge in [0.1, 0.15) is 11.6 Å². The highest BCUT2D eigenvalue weighted by Crippen LogP contribution is 2.43. The fourth-order valence-corrected chi connectivity index (χ4v) is 3.05. The topological polar surface area (TPSA) is 44.7 Å². The zero-order chi connectivity index (χ0) is 15.5. The number of hydrogen-bond donors (Lipinski definition) is 2. The molecule has 118 valence electrons. The van der Waals surface area contributed by atoms with Gasteiger partial charge in [-0.1, -0.05) is 19.9 Å². The second-order valence-electron chi connectivity index (χ2n) is 6.19. The van der Waals surface area contributed by atoms with Gasteiger partial charge in [0.2, 0.25) is 0 Å². The number of ether oxygens (including phenoxy) is 1. The Balaban J connectivity index is 2.49. The molecular weight excluding hydrogens is 271 g/mol. The summed E-state index contributed by atoms with van der Waals surface area (Å²) >= 11 is 0. The molecule has 1 aromatic rings. The number of halogens is 1. The van der Waals surface area contributed by atoms with Gasteiger partial charge in [-0.05, 0) is 12.1 Å². The number of hydrogen-bond acceptors (Lipinski definition) is 4. The minimum Gasteiger partial charge on any atom is -0.496 e. The first-order valence-corrected chi connectivity index (χ1v) is 7.39. The number of aliphatic hydroxyl groups is 1. The van der Waals surface area contributed by atoms with Crippen molar-refractivity contribution in [2.75, 3.05) is 39.9 Å². The van der Waals surface area contributed by atoms with Crippen molar-refractivity contribution in [2.45, 2.75) is 19.9 Å². The summed E-state index contributed by atoms with van der Waals surface area (Å²) in [4.78, 5) is 2.23. The van der Waals surface area contributed by atoms with Gasteiger partial charge in [0, 0.05) is 49.8 Å². The molecule has 1 aliphatic heterocycles. The van der Waals surface area contributed by atoms with Crippen LogP contribution in [-0.2, 0) is 0 Å². The van der Waals surface area contributed by atoms with E-state index in [4.69, 9.17) is 4.74 Å². The average Bonchev–Trinajstić information content (AvgIpc) is 2.50. The van der Waals surface area contributed by atoms with Crippen LogP contribution in [0.15, 0.2) is 18.2 Å². The van der Waals surface area contributed by atoms with Gasteiger partial charge in [-0.15, -0.1) is 0 Å². The molecule has 1 heterocycles. The molecule has 21 heavy (non-hydrogen) atoms. The van der Waals surface area contributed by atoms with Crippen molar-refractivity contribution in [1.29, 1.82) is 0 Å². The maximum atomic E-state index is 14.5. The van der Waals surface area contributed by atoms with Crippen LogP contribution in [0.3, 0.4) is 0 Å². The van der Waals surface area contributed by atoms with Crippen molar-refractivity contribution in [1.82, 2.24) is 10.2 Å². The van der Waals surface area contributed by atoms with E-state index >= 15 is 0 Å². The molecule has 2 N–H and O–H groups in total. The summed E-state index contributed by atoms with van der Waals surface area (Å²) in [6.45, 7) is 7.30. The Morgan fingerprint density at radius 2 is 2.05 bits per heavy atom. The number of aliphatic hydroxyl groups excluding tert-OH is 1. The third kappa shape index (κ3) is 3.36. The van der Waals surface area contributed by atoms with E-state index in [1.165, 1.54) is 6.07 Å². The summed E-state index contributed by atoms with van der Waals surface area (Å²) in [6.07, 6.45) is 0. The van der Waals surface area contributed by atoms with Crippen molar-refractivity contribution in [3.05, 3.63) is 29.6 Å². The summed E-state index contributed by atoms with van der Waals surface area (Å²) < 4.78 is 19.9. The summed E-state index contributed by atoms with van der Waals surface area (Å²) in [5.41, 5.74) is 0.0771. The van der Waals surface area contributed by atoms with Gasteiger partial charge >= 0.3 is 0 Å². The van der Waals surface area contributed by atoms with E-state index in [0.29, 0.717) is 11.3 Å².